The molecule has 0 N–H and O–H groups in total. The molecule has 0 radical (unpaired) electrons. The van der Waals surface area contributed by atoms with Crippen LogP contribution in [0, 0.1) is 13.8 Å². The number of halogens is 2. The Morgan fingerprint density at radius 2 is 2.00 bits per heavy atom. The van der Waals surface area contributed by atoms with Gasteiger partial charge < -0.3 is 0 Å². The fourth-order valence-corrected chi connectivity index (χ4v) is 2.04. The van der Waals surface area contributed by atoms with Crippen molar-refractivity contribution >= 4 is 28.1 Å². The van der Waals surface area contributed by atoms with E-state index in [1.807, 2.05) is 19.9 Å². The molecule has 0 unspecified atom stereocenters. The van der Waals surface area contributed by atoms with E-state index in [0.29, 0.717) is 17.0 Å². The van der Waals surface area contributed by atoms with Gasteiger partial charge in [-0.1, -0.05) is 15.9 Å². The van der Waals surface area contributed by atoms with Gasteiger partial charge in [0.15, 0.2) is 0 Å². The average molecular weight is 235 g/mol. The maximum Gasteiger partial charge on any atom is 0.0815 e. The molecule has 0 saturated carbocycles. The lowest BCUT2D eigenvalue weighted by Crippen LogP contribution is -1.83. The maximum atomic E-state index is 12.2. The molecule has 60 valence electrons. The Morgan fingerprint density at radius 3 is 2.55 bits per heavy atom. The summed E-state index contributed by atoms with van der Waals surface area (Å²) in [5, 5.41) is 0. The Labute approximate surface area is 78.6 Å². The molecule has 3 heteroatoms. The summed E-state index contributed by atoms with van der Waals surface area (Å²) in [6.45, 7) is 3.89. The Kier molecular flexibility index (Phi) is 2.96. The standard InChI is InChI=1S/C8H8BrFS/c1-5-3-7(9)4-8(11-10)6(5)2/h3-4H,1-2H3. The highest BCUT2D eigenvalue weighted by Gasteiger charge is 2.02. The van der Waals surface area contributed by atoms with Crippen LogP contribution in [0.4, 0.5) is 3.89 Å². The van der Waals surface area contributed by atoms with Gasteiger partial charge >= 0.3 is 0 Å². The molecule has 0 aliphatic rings. The molecule has 0 aliphatic carbocycles. The molecule has 0 amide bonds. The summed E-state index contributed by atoms with van der Waals surface area (Å²) >= 11 is 3.60. The number of hydrogen-bond acceptors (Lipinski definition) is 1. The Morgan fingerprint density at radius 1 is 1.36 bits per heavy atom. The molecular weight excluding hydrogens is 227 g/mol. The molecule has 0 fully saturated rings. The van der Waals surface area contributed by atoms with E-state index in [0.717, 1.165) is 15.6 Å². The monoisotopic (exact) mass is 234 g/mol. The lowest BCUT2D eigenvalue weighted by Gasteiger charge is -2.04. The lowest BCUT2D eigenvalue weighted by molar-refractivity contribution is 0.930. The van der Waals surface area contributed by atoms with Crippen LogP contribution in [-0.4, -0.2) is 0 Å². The molecule has 0 nitrogen and oxygen atoms in total. The SMILES string of the molecule is Cc1cc(Br)cc(SF)c1C. The molecule has 0 aliphatic heterocycles. The molecule has 0 saturated heterocycles. The fourth-order valence-electron chi connectivity index (χ4n) is 0.865. The molecular formula is C8H8BrFS. The number of rotatable bonds is 1. The molecule has 0 bridgehead atoms. The minimum absolute atomic E-state index is 0.294. The zero-order chi connectivity index (χ0) is 8.43. The molecule has 1 rings (SSSR count). The fraction of sp³-hybridized carbons (Fsp3) is 0.250. The smallest absolute Gasteiger partial charge is 0.0815 e. The molecule has 0 atom stereocenters. The van der Waals surface area contributed by atoms with Crippen molar-refractivity contribution in [2.24, 2.45) is 0 Å². The van der Waals surface area contributed by atoms with Gasteiger partial charge in [0.2, 0.25) is 0 Å². The predicted octanol–water partition coefficient (Wildman–Crippen LogP) is 4.04. The highest BCUT2D eigenvalue weighted by atomic mass is 79.9. The molecule has 11 heavy (non-hydrogen) atoms. The third-order valence-electron chi connectivity index (χ3n) is 1.67. The Bertz CT molecular complexity index is 273. The van der Waals surface area contributed by atoms with Crippen molar-refractivity contribution in [3.63, 3.8) is 0 Å². The topological polar surface area (TPSA) is 0 Å². The Hall–Kier alpha value is -0.0200. The van der Waals surface area contributed by atoms with Crippen molar-refractivity contribution in [3.05, 3.63) is 27.7 Å². The van der Waals surface area contributed by atoms with Crippen LogP contribution in [0.2, 0.25) is 0 Å². The first kappa shape index (κ1) is 9.07. The van der Waals surface area contributed by atoms with Crippen LogP contribution < -0.4 is 0 Å². The molecule has 1 aromatic carbocycles. The van der Waals surface area contributed by atoms with Crippen LogP contribution >= 0.6 is 28.1 Å². The predicted molar refractivity (Wildman–Crippen MR) is 50.6 cm³/mol. The van der Waals surface area contributed by atoms with Gasteiger partial charge in [-0.3, -0.25) is 0 Å². The number of benzene rings is 1. The van der Waals surface area contributed by atoms with Crippen molar-refractivity contribution in [3.8, 4) is 0 Å². The van der Waals surface area contributed by atoms with Crippen LogP contribution in [0.3, 0.4) is 0 Å². The lowest BCUT2D eigenvalue weighted by atomic mass is 10.1. The summed E-state index contributed by atoms with van der Waals surface area (Å²) in [5.41, 5.74) is 2.13. The van der Waals surface area contributed by atoms with E-state index in [1.165, 1.54) is 0 Å². The van der Waals surface area contributed by atoms with E-state index in [2.05, 4.69) is 15.9 Å². The van der Waals surface area contributed by atoms with Crippen molar-refractivity contribution in [1.82, 2.24) is 0 Å². The van der Waals surface area contributed by atoms with Crippen molar-refractivity contribution in [1.29, 1.82) is 0 Å². The largest absolute Gasteiger partial charge is 0.160 e. The zero-order valence-electron chi connectivity index (χ0n) is 6.32. The molecule has 1 aromatic rings. The third kappa shape index (κ3) is 1.97. The summed E-state index contributed by atoms with van der Waals surface area (Å²) < 4.78 is 13.2. The maximum absolute atomic E-state index is 12.2. The van der Waals surface area contributed by atoms with Gasteiger partial charge in [-0.15, -0.1) is 0 Å². The van der Waals surface area contributed by atoms with Gasteiger partial charge in [0.1, 0.15) is 0 Å². The molecule has 0 heterocycles. The first-order valence-corrected chi connectivity index (χ1v) is 4.71. The summed E-state index contributed by atoms with van der Waals surface area (Å²) in [7, 11) is 0. The average Bonchev–Trinajstić information content (AvgIpc) is 1.96. The zero-order valence-corrected chi connectivity index (χ0v) is 8.72. The second-order valence-corrected chi connectivity index (χ2v) is 3.93. The van der Waals surface area contributed by atoms with E-state index < -0.39 is 0 Å². The quantitative estimate of drug-likeness (QED) is 0.707. The van der Waals surface area contributed by atoms with Crippen molar-refractivity contribution in [2.75, 3.05) is 0 Å². The van der Waals surface area contributed by atoms with Crippen LogP contribution in [-0.2, 0) is 0 Å². The normalized spacial score (nSPS) is 10.2. The molecule has 0 spiro atoms. The van der Waals surface area contributed by atoms with Crippen molar-refractivity contribution in [2.45, 2.75) is 18.7 Å². The van der Waals surface area contributed by atoms with E-state index >= 15 is 0 Å². The van der Waals surface area contributed by atoms with Gasteiger partial charge in [0.05, 0.1) is 12.1 Å². The van der Waals surface area contributed by atoms with Crippen LogP contribution in [0.5, 0.6) is 0 Å². The van der Waals surface area contributed by atoms with Gasteiger partial charge in [-0.05, 0) is 37.1 Å². The van der Waals surface area contributed by atoms with Gasteiger partial charge in [0.25, 0.3) is 0 Å². The van der Waals surface area contributed by atoms with Crippen LogP contribution in [0.1, 0.15) is 11.1 Å². The van der Waals surface area contributed by atoms with E-state index in [4.69, 9.17) is 0 Å². The molecule has 0 aromatic heterocycles. The minimum atomic E-state index is 0.294. The summed E-state index contributed by atoms with van der Waals surface area (Å²) in [6, 6.07) is 3.77. The minimum Gasteiger partial charge on any atom is -0.160 e. The van der Waals surface area contributed by atoms with E-state index in [1.54, 1.807) is 6.07 Å². The summed E-state index contributed by atoms with van der Waals surface area (Å²) in [4.78, 5) is 0.692. The van der Waals surface area contributed by atoms with Gasteiger partial charge in [-0.25, -0.2) is 0 Å². The first-order valence-electron chi connectivity index (χ1n) is 3.20. The Balaban J connectivity index is 3.24. The highest BCUT2D eigenvalue weighted by molar-refractivity contribution is 9.10. The highest BCUT2D eigenvalue weighted by Crippen LogP contribution is 2.28. The van der Waals surface area contributed by atoms with Crippen LogP contribution in [0.15, 0.2) is 21.5 Å². The second kappa shape index (κ2) is 3.59. The van der Waals surface area contributed by atoms with E-state index in [9.17, 15) is 3.89 Å². The third-order valence-corrected chi connectivity index (χ3v) is 2.72. The van der Waals surface area contributed by atoms with Gasteiger partial charge in [0, 0.05) is 9.37 Å². The first-order chi connectivity index (χ1) is 5.15. The number of aryl methyl sites for hydroxylation is 1. The second-order valence-electron chi connectivity index (χ2n) is 2.42. The number of hydrogen-bond donors (Lipinski definition) is 0. The van der Waals surface area contributed by atoms with Crippen LogP contribution in [0.25, 0.3) is 0 Å². The van der Waals surface area contributed by atoms with Gasteiger partial charge in [-0.2, -0.15) is 3.89 Å². The summed E-state index contributed by atoms with van der Waals surface area (Å²) in [5.74, 6) is 0. The van der Waals surface area contributed by atoms with E-state index in [-0.39, 0.29) is 0 Å². The van der Waals surface area contributed by atoms with Crippen molar-refractivity contribution < 1.29 is 3.89 Å². The summed E-state index contributed by atoms with van der Waals surface area (Å²) in [6.07, 6.45) is 0.